The van der Waals surface area contributed by atoms with Gasteiger partial charge in [-0.25, -0.2) is 0 Å². The minimum absolute atomic E-state index is 0.403. The molecule has 0 amide bonds. The van der Waals surface area contributed by atoms with Crippen molar-refractivity contribution in [3.8, 4) is 0 Å². The molecule has 8 heavy (non-hydrogen) atoms. The molecule has 44 valence electrons. The third-order valence-electron chi connectivity index (χ3n) is 1.91. The van der Waals surface area contributed by atoms with Gasteiger partial charge in [0.1, 0.15) is 0 Å². The summed E-state index contributed by atoms with van der Waals surface area (Å²) in [5.41, 5.74) is 0.403. The van der Waals surface area contributed by atoms with Crippen LogP contribution < -0.4 is 0 Å². The number of nitrogens with zero attached hydrogens (tertiary/aromatic N) is 1. The zero-order valence-corrected chi connectivity index (χ0v) is 4.76. The molecule has 0 radical (unpaired) electrons. The zero-order chi connectivity index (χ0) is 5.45. The van der Waals surface area contributed by atoms with Crippen molar-refractivity contribution in [1.82, 2.24) is 0 Å². The molecule has 2 rings (SSSR count). The molecule has 1 atom stereocenters. The average molecular weight is 111 g/mol. The Bertz CT molecular complexity index is 124. The molecule has 0 aromatic rings. The van der Waals surface area contributed by atoms with E-state index in [-0.39, 0.29) is 0 Å². The lowest BCUT2D eigenvalue weighted by Crippen LogP contribution is -2.33. The summed E-state index contributed by atoms with van der Waals surface area (Å²) in [4.78, 5) is 4.05. The lowest BCUT2D eigenvalue weighted by molar-refractivity contribution is 0.174. The van der Waals surface area contributed by atoms with E-state index in [9.17, 15) is 0 Å². The van der Waals surface area contributed by atoms with Gasteiger partial charge >= 0.3 is 0 Å². The Balaban J connectivity index is 2.14. The van der Waals surface area contributed by atoms with E-state index < -0.39 is 0 Å². The summed E-state index contributed by atoms with van der Waals surface area (Å²) in [5, 5.41) is 0. The maximum Gasteiger partial charge on any atom is 0.0590 e. The van der Waals surface area contributed by atoms with Gasteiger partial charge in [0.15, 0.2) is 0 Å². The molecule has 0 saturated carbocycles. The molecule has 1 fully saturated rings. The van der Waals surface area contributed by atoms with Gasteiger partial charge in [-0.2, -0.15) is 0 Å². The van der Waals surface area contributed by atoms with Crippen LogP contribution in [0.2, 0.25) is 0 Å². The monoisotopic (exact) mass is 111 g/mol. The summed E-state index contributed by atoms with van der Waals surface area (Å²) in [5.74, 6) is 0. The standard InChI is InChI=1S/C6H9NO/c1-2-8-5-6(1)3-7-4-6/h3H,1-2,4-5H2. The van der Waals surface area contributed by atoms with Gasteiger partial charge in [-0.05, 0) is 6.42 Å². The van der Waals surface area contributed by atoms with Gasteiger partial charge in [0.05, 0.1) is 18.6 Å². The molecule has 0 aromatic heterocycles. The highest BCUT2D eigenvalue weighted by Gasteiger charge is 2.37. The molecule has 0 N–H and O–H groups in total. The first-order valence-electron chi connectivity index (χ1n) is 3.00. The predicted octanol–water partition coefficient (Wildman–Crippen LogP) is 0.478. The molecule has 1 saturated heterocycles. The second-order valence-electron chi connectivity index (χ2n) is 2.63. The van der Waals surface area contributed by atoms with E-state index in [4.69, 9.17) is 4.74 Å². The van der Waals surface area contributed by atoms with Gasteiger partial charge in [-0.1, -0.05) is 0 Å². The Morgan fingerprint density at radius 1 is 1.62 bits per heavy atom. The number of hydrogen-bond donors (Lipinski definition) is 0. The van der Waals surface area contributed by atoms with Crippen molar-refractivity contribution >= 4 is 6.21 Å². The first-order valence-corrected chi connectivity index (χ1v) is 3.00. The molecule has 2 heteroatoms. The van der Waals surface area contributed by atoms with E-state index in [0.29, 0.717) is 5.41 Å². The quantitative estimate of drug-likeness (QED) is 0.445. The van der Waals surface area contributed by atoms with Crippen LogP contribution in [-0.2, 0) is 4.74 Å². The topological polar surface area (TPSA) is 21.6 Å². The van der Waals surface area contributed by atoms with E-state index in [1.807, 2.05) is 6.21 Å². The van der Waals surface area contributed by atoms with Gasteiger partial charge in [0.2, 0.25) is 0 Å². The molecule has 2 aliphatic heterocycles. The van der Waals surface area contributed by atoms with Crippen molar-refractivity contribution in [2.75, 3.05) is 19.8 Å². The maximum atomic E-state index is 5.21. The van der Waals surface area contributed by atoms with Crippen molar-refractivity contribution in [2.45, 2.75) is 6.42 Å². The minimum Gasteiger partial charge on any atom is -0.380 e. The third kappa shape index (κ3) is 0.436. The molecule has 1 unspecified atom stereocenters. The Morgan fingerprint density at radius 2 is 2.50 bits per heavy atom. The summed E-state index contributed by atoms with van der Waals surface area (Å²) in [7, 11) is 0. The molecule has 2 nitrogen and oxygen atoms in total. The highest BCUT2D eigenvalue weighted by molar-refractivity contribution is 5.72. The Labute approximate surface area is 48.6 Å². The SMILES string of the molecule is C1=NCC12CCOC2. The molecule has 0 aromatic carbocycles. The second kappa shape index (κ2) is 1.32. The molecule has 1 spiro atoms. The Hall–Kier alpha value is -0.370. The van der Waals surface area contributed by atoms with Crippen LogP contribution in [0.25, 0.3) is 0 Å². The summed E-state index contributed by atoms with van der Waals surface area (Å²) in [6.07, 6.45) is 3.23. The first-order chi connectivity index (χ1) is 3.91. The maximum absolute atomic E-state index is 5.21. The molecular formula is C6H9NO. The van der Waals surface area contributed by atoms with Gasteiger partial charge in [0, 0.05) is 12.8 Å². The lowest BCUT2D eigenvalue weighted by atomic mass is 9.85. The predicted molar refractivity (Wildman–Crippen MR) is 31.2 cm³/mol. The normalized spacial score (nSPS) is 43.0. The third-order valence-corrected chi connectivity index (χ3v) is 1.91. The number of ether oxygens (including phenoxy) is 1. The van der Waals surface area contributed by atoms with Crippen LogP contribution in [0.4, 0.5) is 0 Å². The van der Waals surface area contributed by atoms with Crippen LogP contribution in [0.15, 0.2) is 4.99 Å². The fraction of sp³-hybridized carbons (Fsp3) is 0.833. The fourth-order valence-corrected chi connectivity index (χ4v) is 1.20. The molecule has 0 aliphatic carbocycles. The average Bonchev–Trinajstić information content (AvgIpc) is 2.07. The minimum atomic E-state index is 0.403. The fourth-order valence-electron chi connectivity index (χ4n) is 1.20. The molecule has 2 heterocycles. The van der Waals surface area contributed by atoms with E-state index in [0.717, 1.165) is 19.8 Å². The van der Waals surface area contributed by atoms with Crippen LogP contribution >= 0.6 is 0 Å². The van der Waals surface area contributed by atoms with Gasteiger partial charge in [-0.3, -0.25) is 4.99 Å². The van der Waals surface area contributed by atoms with E-state index >= 15 is 0 Å². The smallest absolute Gasteiger partial charge is 0.0590 e. The van der Waals surface area contributed by atoms with E-state index in [2.05, 4.69) is 4.99 Å². The first kappa shape index (κ1) is 4.50. The highest BCUT2D eigenvalue weighted by Crippen LogP contribution is 2.31. The zero-order valence-electron chi connectivity index (χ0n) is 4.76. The lowest BCUT2D eigenvalue weighted by Gasteiger charge is -2.26. The number of hydrogen-bond acceptors (Lipinski definition) is 2. The van der Waals surface area contributed by atoms with Crippen molar-refractivity contribution < 1.29 is 4.74 Å². The van der Waals surface area contributed by atoms with Crippen molar-refractivity contribution in [1.29, 1.82) is 0 Å². The van der Waals surface area contributed by atoms with Crippen LogP contribution in [0, 0.1) is 5.41 Å². The van der Waals surface area contributed by atoms with E-state index in [1.54, 1.807) is 0 Å². The van der Waals surface area contributed by atoms with Crippen LogP contribution in [0.5, 0.6) is 0 Å². The van der Waals surface area contributed by atoms with Crippen molar-refractivity contribution in [3.63, 3.8) is 0 Å². The molecular weight excluding hydrogens is 102 g/mol. The number of rotatable bonds is 0. The molecule has 2 aliphatic rings. The van der Waals surface area contributed by atoms with Gasteiger partial charge in [0.25, 0.3) is 0 Å². The largest absolute Gasteiger partial charge is 0.380 e. The number of aliphatic imine (C=N–C) groups is 1. The summed E-state index contributed by atoms with van der Waals surface area (Å²) < 4.78 is 5.21. The Morgan fingerprint density at radius 3 is 2.75 bits per heavy atom. The summed E-state index contributed by atoms with van der Waals surface area (Å²) >= 11 is 0. The molecule has 0 bridgehead atoms. The van der Waals surface area contributed by atoms with Crippen molar-refractivity contribution in [2.24, 2.45) is 10.4 Å². The van der Waals surface area contributed by atoms with Crippen LogP contribution in [0.3, 0.4) is 0 Å². The van der Waals surface area contributed by atoms with E-state index in [1.165, 1.54) is 6.42 Å². The van der Waals surface area contributed by atoms with Gasteiger partial charge in [-0.15, -0.1) is 0 Å². The van der Waals surface area contributed by atoms with Gasteiger partial charge < -0.3 is 4.74 Å². The summed E-state index contributed by atoms with van der Waals surface area (Å²) in [6, 6.07) is 0. The highest BCUT2D eigenvalue weighted by atomic mass is 16.5. The second-order valence-corrected chi connectivity index (χ2v) is 2.63. The van der Waals surface area contributed by atoms with Crippen LogP contribution in [-0.4, -0.2) is 26.0 Å². The van der Waals surface area contributed by atoms with Crippen molar-refractivity contribution in [3.05, 3.63) is 0 Å². The summed E-state index contributed by atoms with van der Waals surface area (Å²) in [6.45, 7) is 2.86. The van der Waals surface area contributed by atoms with Crippen LogP contribution in [0.1, 0.15) is 6.42 Å². The Kier molecular flexibility index (Phi) is 0.742.